The van der Waals surface area contributed by atoms with Gasteiger partial charge < -0.3 is 19.9 Å². The number of hydrogen-bond donors (Lipinski definition) is 2. The van der Waals surface area contributed by atoms with Crippen molar-refractivity contribution < 1.29 is 37.7 Å². The van der Waals surface area contributed by atoms with E-state index >= 15 is 0 Å². The Morgan fingerprint density at radius 2 is 1.44 bits per heavy atom. The molecule has 1 amide bonds. The van der Waals surface area contributed by atoms with Crippen LogP contribution in [0.3, 0.4) is 0 Å². The molecule has 2 aliphatic rings. The molecular weight excluding hydrogens is 846 g/mol. The van der Waals surface area contributed by atoms with Crippen LogP contribution in [0.15, 0.2) is 59.3 Å². The number of ether oxygens (including phenoxy) is 2. The Hall–Kier alpha value is -4.59. The van der Waals surface area contributed by atoms with Gasteiger partial charge in [0.25, 0.3) is 0 Å². The Morgan fingerprint density at radius 1 is 0.918 bits per heavy atom. The molecule has 2 aliphatic heterocycles. The number of carbonyl (C=O) groups excluding carboxylic acids is 3. The zero-order chi connectivity index (χ0) is 46.0. The summed E-state index contributed by atoms with van der Waals surface area (Å²) in [4.78, 5) is 47.9. The molecule has 6 rings (SSSR count). The number of nitrogens with one attached hydrogen (secondary N) is 1. The second kappa shape index (κ2) is 21.5. The Kier molecular flexibility index (Phi) is 17.9. The third kappa shape index (κ3) is 13.7. The molecule has 2 N–H and O–H groups in total. The number of aldehydes is 1. The number of pyridine rings is 2. The minimum atomic E-state index is -0.700. The number of benzene rings is 2. The van der Waals surface area contributed by atoms with Gasteiger partial charge in [-0.3, -0.25) is 19.5 Å². The number of amides is 1. The zero-order valence-electron chi connectivity index (χ0n) is 37.9. The van der Waals surface area contributed by atoms with Gasteiger partial charge in [-0.1, -0.05) is 65.8 Å². The fourth-order valence-corrected chi connectivity index (χ4v) is 7.55. The van der Waals surface area contributed by atoms with E-state index in [4.69, 9.17) is 14.6 Å². The average Bonchev–Trinajstić information content (AvgIpc) is 3.66. The van der Waals surface area contributed by atoms with Gasteiger partial charge in [0.2, 0.25) is 5.78 Å². The van der Waals surface area contributed by atoms with Gasteiger partial charge in [0.15, 0.2) is 6.29 Å². The van der Waals surface area contributed by atoms with Crippen molar-refractivity contribution in [2.45, 2.75) is 131 Å². The lowest BCUT2D eigenvalue weighted by Crippen LogP contribution is -2.39. The minimum absolute atomic E-state index is 0.0502. The van der Waals surface area contributed by atoms with Crippen LogP contribution < -0.4 is 10.2 Å². The SMILES string of the molecule is CC.CC(C)O.CC(C)OCC(=O)c1nc(Br)c(Cc2ccc(F)cc2)c2c1N(C(=O)OC(C)(C)C)CC2(C)C.CC1(C)CNc2c(C=O)ncc(Cc3ccc(F)cc3)c21. The molecule has 0 atom stereocenters. The lowest BCUT2D eigenvalue weighted by molar-refractivity contribution is 0.0571. The highest BCUT2D eigenvalue weighted by Crippen LogP contribution is 2.47. The lowest BCUT2D eigenvalue weighted by atomic mass is 9.82. The number of fused-ring (bicyclic) bond motifs is 2. The number of carbonyl (C=O) groups is 3. The van der Waals surface area contributed by atoms with Gasteiger partial charge in [0.05, 0.1) is 17.5 Å². The number of ketones is 1. The van der Waals surface area contributed by atoms with Crippen LogP contribution in [0.25, 0.3) is 0 Å². The van der Waals surface area contributed by atoms with Gasteiger partial charge in [-0.2, -0.15) is 0 Å². The highest BCUT2D eigenvalue weighted by Gasteiger charge is 2.45. The summed E-state index contributed by atoms with van der Waals surface area (Å²) in [7, 11) is 0. The van der Waals surface area contributed by atoms with Crippen molar-refractivity contribution in [3.8, 4) is 0 Å². The van der Waals surface area contributed by atoms with Crippen molar-refractivity contribution in [2.24, 2.45) is 0 Å². The predicted molar refractivity (Wildman–Crippen MR) is 242 cm³/mol. The Labute approximate surface area is 369 Å². The quantitative estimate of drug-likeness (QED) is 0.0957. The number of aliphatic hydroxyl groups excluding tert-OH is 1. The first-order chi connectivity index (χ1) is 28.4. The smallest absolute Gasteiger partial charge is 0.414 e. The first-order valence-corrected chi connectivity index (χ1v) is 21.5. The van der Waals surface area contributed by atoms with Crippen molar-refractivity contribution in [2.75, 3.05) is 29.9 Å². The Balaban J connectivity index is 0.000000312. The third-order valence-corrected chi connectivity index (χ3v) is 10.1. The molecule has 0 saturated carbocycles. The van der Waals surface area contributed by atoms with Crippen molar-refractivity contribution in [3.63, 3.8) is 0 Å². The third-order valence-electron chi connectivity index (χ3n) is 9.43. The number of aromatic nitrogens is 2. The summed E-state index contributed by atoms with van der Waals surface area (Å²) >= 11 is 3.57. The largest absolute Gasteiger partial charge is 0.443 e. The maximum Gasteiger partial charge on any atom is 0.414 e. The summed E-state index contributed by atoms with van der Waals surface area (Å²) in [6.07, 6.45) is 2.86. The van der Waals surface area contributed by atoms with Gasteiger partial charge in [-0.25, -0.2) is 18.6 Å². The van der Waals surface area contributed by atoms with Crippen molar-refractivity contribution >= 4 is 45.5 Å². The number of aliphatic hydroxyl groups is 1. The van der Waals surface area contributed by atoms with Gasteiger partial charge in [0, 0.05) is 42.6 Å². The van der Waals surface area contributed by atoms with E-state index in [1.165, 1.54) is 29.2 Å². The van der Waals surface area contributed by atoms with Gasteiger partial charge in [-0.05, 0) is 128 Å². The van der Waals surface area contributed by atoms with Crippen LogP contribution in [0.5, 0.6) is 0 Å². The fraction of sp³-hybridized carbons (Fsp3) is 0.479. The lowest BCUT2D eigenvalue weighted by Gasteiger charge is -2.26. The van der Waals surface area contributed by atoms with Crippen molar-refractivity contribution in [1.29, 1.82) is 0 Å². The normalized spacial score (nSPS) is 14.3. The van der Waals surface area contributed by atoms with Crippen LogP contribution in [-0.4, -0.2) is 70.7 Å². The van der Waals surface area contributed by atoms with E-state index in [-0.39, 0.29) is 47.3 Å². The molecule has 0 saturated heterocycles. The summed E-state index contributed by atoms with van der Waals surface area (Å²) in [5.74, 6) is -0.862. The number of Topliss-reactive ketones (excluding diaryl/α,β-unsaturated/α-hetero) is 1. The summed E-state index contributed by atoms with van der Waals surface area (Å²) in [6, 6.07) is 12.8. The molecule has 13 heteroatoms. The summed E-state index contributed by atoms with van der Waals surface area (Å²) in [5, 5.41) is 11.3. The van der Waals surface area contributed by atoms with Crippen LogP contribution >= 0.6 is 15.9 Å². The molecule has 332 valence electrons. The number of anilines is 2. The number of hydrogen-bond acceptors (Lipinski definition) is 9. The highest BCUT2D eigenvalue weighted by atomic mass is 79.9. The van der Waals surface area contributed by atoms with Crippen molar-refractivity contribution in [1.82, 2.24) is 9.97 Å². The minimum Gasteiger partial charge on any atom is -0.443 e. The number of rotatable bonds is 9. The standard InChI is InChI=1S/C26H32BrFN2O4.C17H17FN2O.C3H8O.C2H6/c1-15(2)33-13-19(31)21-22-20(26(6,7)14-30(22)24(32)34-25(3,4)5)18(23(27)29-21)12-16-8-10-17(28)11-9-16;1-17(2)10-20-16-14(9-21)19-8-12(15(16)17)7-11-3-5-13(18)6-4-11;1-3(2)4;1-2/h8-11,15H,12-14H2,1-7H3;3-6,8-9,20H,7,10H2,1-2H3;3-4H,1-2H3;1-2H3. The van der Waals surface area contributed by atoms with Crippen LogP contribution in [0.4, 0.5) is 25.0 Å². The molecule has 4 heterocycles. The molecule has 0 unspecified atom stereocenters. The Morgan fingerprint density at radius 3 is 1.93 bits per heavy atom. The first kappa shape index (κ1) is 50.8. The van der Waals surface area contributed by atoms with Gasteiger partial charge in [0.1, 0.15) is 39.8 Å². The van der Waals surface area contributed by atoms with E-state index in [0.717, 1.165) is 51.9 Å². The van der Waals surface area contributed by atoms with Crippen molar-refractivity contribution in [3.05, 3.63) is 116 Å². The second-order valence-corrected chi connectivity index (χ2v) is 18.4. The van der Waals surface area contributed by atoms with E-state index < -0.39 is 17.1 Å². The van der Waals surface area contributed by atoms with E-state index in [1.54, 1.807) is 65.1 Å². The molecule has 2 aromatic heterocycles. The predicted octanol–water partition coefficient (Wildman–Crippen LogP) is 11.0. The average molecular weight is 910 g/mol. The molecule has 0 spiro atoms. The van der Waals surface area contributed by atoms with E-state index in [1.807, 2.05) is 41.5 Å². The zero-order valence-corrected chi connectivity index (χ0v) is 39.5. The molecule has 0 aliphatic carbocycles. The summed E-state index contributed by atoms with van der Waals surface area (Å²) < 4.78 is 38.2. The molecular formula is C48H63BrF2N4O6. The van der Waals surface area contributed by atoms with Crippen LogP contribution in [0.1, 0.15) is 144 Å². The molecule has 4 aromatic rings. The first-order valence-electron chi connectivity index (χ1n) is 20.7. The number of halogens is 3. The summed E-state index contributed by atoms with van der Waals surface area (Å²) in [6.45, 7) is 25.9. The summed E-state index contributed by atoms with van der Waals surface area (Å²) in [5.41, 5.74) is 6.52. The molecule has 0 radical (unpaired) electrons. The Bertz CT molecular complexity index is 2130. The molecule has 0 bridgehead atoms. The maximum absolute atomic E-state index is 13.5. The fourth-order valence-electron chi connectivity index (χ4n) is 7.03. The number of nitrogens with zero attached hydrogens (tertiary/aromatic N) is 3. The second-order valence-electron chi connectivity index (χ2n) is 17.7. The van der Waals surface area contributed by atoms with E-state index in [2.05, 4.69) is 45.1 Å². The molecule has 10 nitrogen and oxygen atoms in total. The topological polar surface area (TPSA) is 131 Å². The van der Waals surface area contributed by atoms with Crippen LogP contribution in [0, 0.1) is 11.6 Å². The highest BCUT2D eigenvalue weighted by molar-refractivity contribution is 9.10. The van der Waals surface area contributed by atoms with Crippen LogP contribution in [-0.2, 0) is 33.1 Å². The van der Waals surface area contributed by atoms with E-state index in [0.29, 0.717) is 35.4 Å². The molecule has 61 heavy (non-hydrogen) atoms. The molecule has 0 fully saturated rings. The van der Waals surface area contributed by atoms with E-state index in [9.17, 15) is 23.2 Å². The maximum atomic E-state index is 13.5. The van der Waals surface area contributed by atoms with Crippen LogP contribution in [0.2, 0.25) is 0 Å². The monoisotopic (exact) mass is 908 g/mol. The van der Waals surface area contributed by atoms with Gasteiger partial charge >= 0.3 is 6.09 Å². The van der Waals surface area contributed by atoms with Gasteiger partial charge in [-0.15, -0.1) is 0 Å². The molecule has 2 aromatic carbocycles.